The molecule has 1 unspecified atom stereocenters. The molecule has 0 saturated heterocycles. The summed E-state index contributed by atoms with van der Waals surface area (Å²) >= 11 is 1.49. The fourth-order valence-corrected chi connectivity index (χ4v) is 3.42. The number of benzene rings is 2. The number of aryl methyl sites for hydroxylation is 1. The van der Waals surface area contributed by atoms with Gasteiger partial charge >= 0.3 is 0 Å². The first-order chi connectivity index (χ1) is 11.2. The Balaban J connectivity index is 1.82. The lowest BCUT2D eigenvalue weighted by Crippen LogP contribution is -2.13. The molecular formula is C19H18N2OS. The molecule has 1 aromatic heterocycles. The molecule has 3 rings (SSSR count). The standard InChI is InChI=1S/C19H18N2OS/c1-3-14-8-10-15(11-9-14)18(22)13(2)23-19-16-6-4-5-7-17(16)20-12-21-19/h4-13H,3H2,1-2H3. The largest absolute Gasteiger partial charge is 0.293 e. The maximum Gasteiger partial charge on any atom is 0.175 e. The molecule has 0 saturated carbocycles. The van der Waals surface area contributed by atoms with Gasteiger partial charge in [-0.15, -0.1) is 0 Å². The van der Waals surface area contributed by atoms with Gasteiger partial charge in [-0.3, -0.25) is 4.79 Å². The van der Waals surface area contributed by atoms with Crippen LogP contribution in [0, 0.1) is 0 Å². The molecule has 23 heavy (non-hydrogen) atoms. The van der Waals surface area contributed by atoms with Crippen molar-refractivity contribution in [3.05, 3.63) is 66.0 Å². The number of hydrogen-bond donors (Lipinski definition) is 0. The minimum atomic E-state index is -0.194. The molecule has 0 aliphatic rings. The molecule has 0 aliphatic heterocycles. The van der Waals surface area contributed by atoms with E-state index >= 15 is 0 Å². The van der Waals surface area contributed by atoms with Crippen LogP contribution >= 0.6 is 11.8 Å². The minimum Gasteiger partial charge on any atom is -0.293 e. The number of thioether (sulfide) groups is 1. The number of hydrogen-bond acceptors (Lipinski definition) is 4. The van der Waals surface area contributed by atoms with Crippen LogP contribution in [0.4, 0.5) is 0 Å². The van der Waals surface area contributed by atoms with Gasteiger partial charge in [-0.05, 0) is 25.0 Å². The Bertz CT molecular complexity index is 825. The van der Waals surface area contributed by atoms with Crippen LogP contribution < -0.4 is 0 Å². The smallest absolute Gasteiger partial charge is 0.175 e. The van der Waals surface area contributed by atoms with E-state index in [4.69, 9.17) is 0 Å². The van der Waals surface area contributed by atoms with Crippen molar-refractivity contribution in [1.82, 2.24) is 9.97 Å². The first kappa shape index (κ1) is 15.7. The third-order valence-corrected chi connectivity index (χ3v) is 4.93. The van der Waals surface area contributed by atoms with Crippen molar-refractivity contribution < 1.29 is 4.79 Å². The second-order valence-electron chi connectivity index (χ2n) is 5.37. The molecule has 1 heterocycles. The average Bonchev–Trinajstić information content (AvgIpc) is 2.61. The zero-order chi connectivity index (χ0) is 16.2. The molecule has 4 heteroatoms. The molecule has 116 valence electrons. The first-order valence-corrected chi connectivity index (χ1v) is 8.56. The van der Waals surface area contributed by atoms with Crippen LogP contribution in [0.25, 0.3) is 10.9 Å². The monoisotopic (exact) mass is 322 g/mol. The molecule has 0 N–H and O–H groups in total. The van der Waals surface area contributed by atoms with Crippen molar-refractivity contribution in [1.29, 1.82) is 0 Å². The summed E-state index contributed by atoms with van der Waals surface area (Å²) in [4.78, 5) is 21.2. The predicted octanol–water partition coefficient (Wildman–Crippen LogP) is 4.56. The van der Waals surface area contributed by atoms with Crippen LogP contribution in [0.1, 0.15) is 29.8 Å². The van der Waals surface area contributed by atoms with E-state index in [0.717, 1.165) is 27.9 Å². The Morgan fingerprint density at radius 1 is 1.09 bits per heavy atom. The van der Waals surface area contributed by atoms with E-state index in [2.05, 4.69) is 16.9 Å². The van der Waals surface area contributed by atoms with E-state index in [1.807, 2.05) is 55.5 Å². The molecule has 0 amide bonds. The van der Waals surface area contributed by atoms with Crippen LogP contribution in [-0.2, 0) is 6.42 Å². The summed E-state index contributed by atoms with van der Waals surface area (Å²) < 4.78 is 0. The molecule has 3 nitrogen and oxygen atoms in total. The lowest BCUT2D eigenvalue weighted by atomic mass is 10.1. The van der Waals surface area contributed by atoms with Gasteiger partial charge in [0.1, 0.15) is 11.4 Å². The highest BCUT2D eigenvalue weighted by atomic mass is 32.2. The van der Waals surface area contributed by atoms with Gasteiger partial charge < -0.3 is 0 Å². The summed E-state index contributed by atoms with van der Waals surface area (Å²) in [6.07, 6.45) is 2.53. The molecule has 0 bridgehead atoms. The maximum atomic E-state index is 12.6. The highest BCUT2D eigenvalue weighted by Crippen LogP contribution is 2.29. The summed E-state index contributed by atoms with van der Waals surface area (Å²) in [5, 5.41) is 1.64. The van der Waals surface area contributed by atoms with Crippen molar-refractivity contribution >= 4 is 28.4 Å². The number of aromatic nitrogens is 2. The molecule has 1 atom stereocenters. The van der Waals surface area contributed by atoms with E-state index in [9.17, 15) is 4.79 Å². The fraction of sp³-hybridized carbons (Fsp3) is 0.211. The molecular weight excluding hydrogens is 304 g/mol. The number of nitrogens with zero attached hydrogens (tertiary/aromatic N) is 2. The molecule has 2 aromatic carbocycles. The lowest BCUT2D eigenvalue weighted by Gasteiger charge is -2.11. The van der Waals surface area contributed by atoms with Gasteiger partial charge in [-0.2, -0.15) is 0 Å². The molecule has 0 fully saturated rings. The Morgan fingerprint density at radius 2 is 1.83 bits per heavy atom. The topological polar surface area (TPSA) is 42.9 Å². The Kier molecular flexibility index (Phi) is 4.72. The van der Waals surface area contributed by atoms with Crippen molar-refractivity contribution in [2.45, 2.75) is 30.5 Å². The zero-order valence-electron chi connectivity index (χ0n) is 13.2. The number of fused-ring (bicyclic) bond motifs is 1. The Morgan fingerprint density at radius 3 is 2.57 bits per heavy atom. The summed E-state index contributed by atoms with van der Waals surface area (Å²) in [7, 11) is 0. The number of carbonyl (C=O) groups excluding carboxylic acids is 1. The van der Waals surface area contributed by atoms with Crippen LogP contribution in [-0.4, -0.2) is 21.0 Å². The average molecular weight is 322 g/mol. The van der Waals surface area contributed by atoms with Gasteiger partial charge in [-0.1, -0.05) is 61.2 Å². The van der Waals surface area contributed by atoms with Crippen molar-refractivity contribution in [2.75, 3.05) is 0 Å². The summed E-state index contributed by atoms with van der Waals surface area (Å²) in [6.45, 7) is 4.03. The highest BCUT2D eigenvalue weighted by Gasteiger charge is 2.18. The number of para-hydroxylation sites is 1. The normalized spacial score (nSPS) is 12.3. The predicted molar refractivity (Wildman–Crippen MR) is 95.0 cm³/mol. The van der Waals surface area contributed by atoms with Gasteiger partial charge in [0.25, 0.3) is 0 Å². The van der Waals surface area contributed by atoms with Gasteiger partial charge in [0.05, 0.1) is 10.8 Å². The fourth-order valence-electron chi connectivity index (χ4n) is 2.43. The summed E-state index contributed by atoms with van der Waals surface area (Å²) in [5.74, 6) is 0.125. The van der Waals surface area contributed by atoms with Gasteiger partial charge in [0.2, 0.25) is 0 Å². The van der Waals surface area contributed by atoms with Crippen molar-refractivity contribution in [3.8, 4) is 0 Å². The third kappa shape index (κ3) is 3.42. The van der Waals surface area contributed by atoms with Crippen LogP contribution in [0.5, 0.6) is 0 Å². The first-order valence-electron chi connectivity index (χ1n) is 7.68. The van der Waals surface area contributed by atoms with E-state index in [1.54, 1.807) is 6.33 Å². The maximum absolute atomic E-state index is 12.6. The lowest BCUT2D eigenvalue weighted by molar-refractivity contribution is 0.0994. The Labute approximate surface area is 140 Å². The highest BCUT2D eigenvalue weighted by molar-refractivity contribution is 8.00. The number of Topliss-reactive ketones (excluding diaryl/α,β-unsaturated/α-hetero) is 1. The molecule has 0 aliphatic carbocycles. The van der Waals surface area contributed by atoms with Gasteiger partial charge in [0.15, 0.2) is 5.78 Å². The van der Waals surface area contributed by atoms with Crippen molar-refractivity contribution in [2.24, 2.45) is 0 Å². The molecule has 3 aromatic rings. The number of rotatable bonds is 5. The van der Waals surface area contributed by atoms with E-state index in [1.165, 1.54) is 17.3 Å². The summed E-state index contributed by atoms with van der Waals surface area (Å²) in [5.41, 5.74) is 2.89. The van der Waals surface area contributed by atoms with Gasteiger partial charge in [-0.25, -0.2) is 9.97 Å². The quantitative estimate of drug-likeness (QED) is 0.392. The van der Waals surface area contributed by atoms with E-state index in [-0.39, 0.29) is 11.0 Å². The molecule has 0 spiro atoms. The van der Waals surface area contributed by atoms with E-state index in [0.29, 0.717) is 0 Å². The van der Waals surface area contributed by atoms with E-state index < -0.39 is 0 Å². The van der Waals surface area contributed by atoms with Crippen LogP contribution in [0.3, 0.4) is 0 Å². The summed E-state index contributed by atoms with van der Waals surface area (Å²) in [6, 6.07) is 15.7. The minimum absolute atomic E-state index is 0.125. The van der Waals surface area contributed by atoms with Gasteiger partial charge in [0, 0.05) is 10.9 Å². The number of carbonyl (C=O) groups is 1. The SMILES string of the molecule is CCc1ccc(C(=O)C(C)Sc2ncnc3ccccc23)cc1. The van der Waals surface area contributed by atoms with Crippen LogP contribution in [0.2, 0.25) is 0 Å². The zero-order valence-corrected chi connectivity index (χ0v) is 14.0. The molecule has 0 radical (unpaired) electrons. The third-order valence-electron chi connectivity index (χ3n) is 3.81. The second-order valence-corrected chi connectivity index (χ2v) is 6.70. The second kappa shape index (κ2) is 6.92. The number of ketones is 1. The Hall–Kier alpha value is -2.20. The van der Waals surface area contributed by atoms with Crippen LogP contribution in [0.15, 0.2) is 59.9 Å². The van der Waals surface area contributed by atoms with Crippen molar-refractivity contribution in [3.63, 3.8) is 0 Å².